The normalized spacial score (nSPS) is 10.4. The Bertz CT molecular complexity index is 1080. The van der Waals surface area contributed by atoms with Gasteiger partial charge in [-0.1, -0.05) is 29.8 Å². The first-order chi connectivity index (χ1) is 14.0. The Morgan fingerprint density at radius 3 is 2.55 bits per heavy atom. The lowest BCUT2D eigenvalue weighted by atomic mass is 10.1. The van der Waals surface area contributed by atoms with Gasteiger partial charge in [0.05, 0.1) is 19.9 Å². The van der Waals surface area contributed by atoms with Crippen LogP contribution in [0.25, 0.3) is 11.3 Å². The molecule has 8 heteroatoms. The molecule has 0 saturated heterocycles. The van der Waals surface area contributed by atoms with Crippen LogP contribution >= 0.6 is 11.6 Å². The summed E-state index contributed by atoms with van der Waals surface area (Å²) >= 11 is 6.09. The van der Waals surface area contributed by atoms with Crippen LogP contribution in [0, 0.1) is 0 Å². The first-order valence-corrected chi connectivity index (χ1v) is 9.20. The second-order valence-corrected chi connectivity index (χ2v) is 6.56. The van der Waals surface area contributed by atoms with Gasteiger partial charge in [0.25, 0.3) is 5.56 Å². The minimum absolute atomic E-state index is 0.204. The van der Waals surface area contributed by atoms with E-state index in [1.54, 1.807) is 44.6 Å². The van der Waals surface area contributed by atoms with Crippen LogP contribution in [0.4, 0.5) is 0 Å². The number of methoxy groups -OCH3 is 2. The number of hydrogen-bond acceptors (Lipinski definition) is 5. The SMILES string of the molecule is COc1ccc(-c2ccc(=O)n(CC(=O)NCc3ccccc3Cl)n2)cc1OC. The second-order valence-electron chi connectivity index (χ2n) is 6.15. The van der Waals surface area contributed by atoms with Crippen molar-refractivity contribution in [2.75, 3.05) is 14.2 Å². The minimum atomic E-state index is -0.373. The van der Waals surface area contributed by atoms with Gasteiger partial charge in [0, 0.05) is 23.2 Å². The van der Waals surface area contributed by atoms with Crippen molar-refractivity contribution in [3.8, 4) is 22.8 Å². The highest BCUT2D eigenvalue weighted by Gasteiger charge is 2.11. The van der Waals surface area contributed by atoms with Crippen molar-refractivity contribution in [1.82, 2.24) is 15.1 Å². The molecule has 1 heterocycles. The number of aromatic nitrogens is 2. The molecule has 0 aliphatic heterocycles. The van der Waals surface area contributed by atoms with Crippen LogP contribution in [0.5, 0.6) is 11.5 Å². The second kappa shape index (κ2) is 9.25. The van der Waals surface area contributed by atoms with E-state index < -0.39 is 0 Å². The topological polar surface area (TPSA) is 82.5 Å². The molecule has 0 bridgehead atoms. The molecule has 29 heavy (non-hydrogen) atoms. The van der Waals surface area contributed by atoms with E-state index in [1.165, 1.54) is 6.07 Å². The molecule has 0 unspecified atom stereocenters. The Morgan fingerprint density at radius 1 is 1.07 bits per heavy atom. The third kappa shape index (κ3) is 4.94. The standard InChI is InChI=1S/C21H20ClN3O4/c1-28-18-9-7-14(11-19(18)29-2)17-8-10-21(27)25(24-17)13-20(26)23-12-15-5-3-4-6-16(15)22/h3-11H,12-13H2,1-2H3,(H,23,26). The zero-order valence-electron chi connectivity index (χ0n) is 16.0. The number of nitrogens with one attached hydrogen (secondary N) is 1. The van der Waals surface area contributed by atoms with E-state index in [0.717, 1.165) is 15.8 Å². The molecule has 0 atom stereocenters. The molecule has 2 aromatic carbocycles. The molecule has 0 aliphatic carbocycles. The van der Waals surface area contributed by atoms with Crippen LogP contribution in [0.2, 0.25) is 5.02 Å². The van der Waals surface area contributed by atoms with Gasteiger partial charge < -0.3 is 14.8 Å². The summed E-state index contributed by atoms with van der Waals surface area (Å²) < 4.78 is 11.7. The lowest BCUT2D eigenvalue weighted by Crippen LogP contribution is -2.33. The summed E-state index contributed by atoms with van der Waals surface area (Å²) in [5.41, 5.74) is 1.68. The van der Waals surface area contributed by atoms with E-state index in [0.29, 0.717) is 22.2 Å². The van der Waals surface area contributed by atoms with Crippen molar-refractivity contribution in [2.24, 2.45) is 0 Å². The van der Waals surface area contributed by atoms with Crippen molar-refractivity contribution < 1.29 is 14.3 Å². The molecule has 7 nitrogen and oxygen atoms in total. The summed E-state index contributed by atoms with van der Waals surface area (Å²) in [5.74, 6) is 0.787. The predicted molar refractivity (Wildman–Crippen MR) is 110 cm³/mol. The molecule has 3 rings (SSSR count). The number of benzene rings is 2. The summed E-state index contributed by atoms with van der Waals surface area (Å²) in [6.45, 7) is 0.0625. The number of ether oxygens (including phenoxy) is 2. The van der Waals surface area contributed by atoms with Crippen LogP contribution in [-0.2, 0) is 17.9 Å². The number of carbonyl (C=O) groups excluding carboxylic acids is 1. The monoisotopic (exact) mass is 413 g/mol. The van der Waals surface area contributed by atoms with Crippen LogP contribution < -0.4 is 20.3 Å². The maximum absolute atomic E-state index is 12.3. The van der Waals surface area contributed by atoms with Gasteiger partial charge in [0.1, 0.15) is 6.54 Å². The van der Waals surface area contributed by atoms with Gasteiger partial charge in [-0.3, -0.25) is 9.59 Å². The first kappa shape index (κ1) is 20.4. The molecule has 0 radical (unpaired) electrons. The smallest absolute Gasteiger partial charge is 0.267 e. The molecule has 3 aromatic rings. The Kier molecular flexibility index (Phi) is 6.51. The third-order valence-corrected chi connectivity index (χ3v) is 4.64. The highest BCUT2D eigenvalue weighted by Crippen LogP contribution is 2.31. The molecular formula is C21H20ClN3O4. The number of carbonyl (C=O) groups is 1. The van der Waals surface area contributed by atoms with Gasteiger partial charge in [-0.05, 0) is 35.9 Å². The number of rotatable bonds is 7. The summed E-state index contributed by atoms with van der Waals surface area (Å²) in [5, 5.41) is 7.62. The quantitative estimate of drug-likeness (QED) is 0.644. The average molecular weight is 414 g/mol. The number of amides is 1. The summed E-state index contributed by atoms with van der Waals surface area (Å²) in [6, 6.07) is 15.5. The molecule has 0 aliphatic rings. The highest BCUT2D eigenvalue weighted by atomic mass is 35.5. The van der Waals surface area contributed by atoms with E-state index in [9.17, 15) is 9.59 Å². The van der Waals surface area contributed by atoms with E-state index >= 15 is 0 Å². The van der Waals surface area contributed by atoms with Crippen molar-refractivity contribution in [2.45, 2.75) is 13.1 Å². The predicted octanol–water partition coefficient (Wildman–Crippen LogP) is 2.90. The molecule has 0 spiro atoms. The maximum Gasteiger partial charge on any atom is 0.267 e. The summed E-state index contributed by atoms with van der Waals surface area (Å²) in [7, 11) is 3.09. The van der Waals surface area contributed by atoms with Crippen LogP contribution in [0.1, 0.15) is 5.56 Å². The van der Waals surface area contributed by atoms with Crippen molar-refractivity contribution in [3.05, 3.63) is 75.5 Å². The fourth-order valence-electron chi connectivity index (χ4n) is 2.74. The van der Waals surface area contributed by atoms with Gasteiger partial charge in [-0.15, -0.1) is 0 Å². The van der Waals surface area contributed by atoms with Gasteiger partial charge in [0.2, 0.25) is 5.91 Å². The Hall–Kier alpha value is -3.32. The van der Waals surface area contributed by atoms with E-state index in [4.69, 9.17) is 21.1 Å². The number of hydrogen-bond donors (Lipinski definition) is 1. The Morgan fingerprint density at radius 2 is 1.83 bits per heavy atom. The zero-order valence-corrected chi connectivity index (χ0v) is 16.8. The number of nitrogens with zero attached hydrogens (tertiary/aromatic N) is 2. The fraction of sp³-hybridized carbons (Fsp3) is 0.190. The van der Waals surface area contributed by atoms with Crippen LogP contribution in [-0.4, -0.2) is 29.9 Å². The molecular weight excluding hydrogens is 394 g/mol. The first-order valence-electron chi connectivity index (χ1n) is 8.82. The summed E-state index contributed by atoms with van der Waals surface area (Å²) in [4.78, 5) is 24.4. The van der Waals surface area contributed by atoms with Gasteiger partial charge in [-0.2, -0.15) is 5.10 Å². The lowest BCUT2D eigenvalue weighted by Gasteiger charge is -2.11. The van der Waals surface area contributed by atoms with Crippen molar-refractivity contribution in [3.63, 3.8) is 0 Å². The minimum Gasteiger partial charge on any atom is -0.493 e. The Balaban J connectivity index is 1.76. The third-order valence-electron chi connectivity index (χ3n) is 4.27. The van der Waals surface area contributed by atoms with Crippen molar-refractivity contribution in [1.29, 1.82) is 0 Å². The molecule has 0 saturated carbocycles. The fourth-order valence-corrected chi connectivity index (χ4v) is 2.94. The maximum atomic E-state index is 12.3. The molecule has 1 N–H and O–H groups in total. The molecule has 1 aromatic heterocycles. The van der Waals surface area contributed by atoms with Gasteiger partial charge in [-0.25, -0.2) is 4.68 Å². The number of halogens is 1. The van der Waals surface area contributed by atoms with E-state index in [-0.39, 0.29) is 24.6 Å². The molecule has 150 valence electrons. The highest BCUT2D eigenvalue weighted by molar-refractivity contribution is 6.31. The van der Waals surface area contributed by atoms with Crippen LogP contribution in [0.3, 0.4) is 0 Å². The molecule has 0 fully saturated rings. The van der Waals surface area contributed by atoms with Crippen molar-refractivity contribution >= 4 is 17.5 Å². The Labute approximate surface area is 172 Å². The van der Waals surface area contributed by atoms with Gasteiger partial charge in [0.15, 0.2) is 11.5 Å². The van der Waals surface area contributed by atoms with Crippen LogP contribution in [0.15, 0.2) is 59.4 Å². The lowest BCUT2D eigenvalue weighted by molar-refractivity contribution is -0.122. The van der Waals surface area contributed by atoms with Gasteiger partial charge >= 0.3 is 0 Å². The largest absolute Gasteiger partial charge is 0.493 e. The molecule has 1 amide bonds. The summed E-state index contributed by atoms with van der Waals surface area (Å²) in [6.07, 6.45) is 0. The average Bonchev–Trinajstić information content (AvgIpc) is 2.74. The van der Waals surface area contributed by atoms with E-state index in [2.05, 4.69) is 10.4 Å². The van der Waals surface area contributed by atoms with E-state index in [1.807, 2.05) is 18.2 Å². The zero-order chi connectivity index (χ0) is 20.8.